The number of nitrogens with zero attached hydrogens (tertiary/aromatic N) is 1. The first-order valence-electron chi connectivity index (χ1n) is 6.55. The highest BCUT2D eigenvalue weighted by Gasteiger charge is 2.09. The summed E-state index contributed by atoms with van der Waals surface area (Å²) in [7, 11) is 0. The number of carbonyl (C=O) groups is 1. The second kappa shape index (κ2) is 7.04. The van der Waals surface area contributed by atoms with Crippen molar-refractivity contribution in [2.75, 3.05) is 6.61 Å². The van der Waals surface area contributed by atoms with Gasteiger partial charge < -0.3 is 9.72 Å². The smallest absolute Gasteiger partial charge is 0.310 e. The van der Waals surface area contributed by atoms with Gasteiger partial charge in [0, 0.05) is 23.2 Å². The first-order valence-corrected chi connectivity index (χ1v) is 6.93. The molecule has 0 saturated carbocycles. The molecule has 0 aliphatic rings. The lowest BCUT2D eigenvalue weighted by molar-refractivity contribution is -0.142. The number of H-pyrrole nitrogens is 1. The van der Waals surface area contributed by atoms with Crippen molar-refractivity contribution in [3.8, 4) is 0 Å². The molecular weight excluding hydrogens is 292 g/mol. The second-order valence-electron chi connectivity index (χ2n) is 4.47. The van der Waals surface area contributed by atoms with Gasteiger partial charge in [0.05, 0.1) is 13.0 Å². The number of hydrogen-bond donors (Lipinski definition) is 1. The van der Waals surface area contributed by atoms with E-state index < -0.39 is 5.97 Å². The molecule has 1 aromatic heterocycles. The summed E-state index contributed by atoms with van der Waals surface area (Å²) in [6.45, 7) is 2.01. The first-order chi connectivity index (χ1) is 10.1. The predicted molar refractivity (Wildman–Crippen MR) is 79.5 cm³/mol. The monoisotopic (exact) mass is 306 g/mol. The van der Waals surface area contributed by atoms with Gasteiger partial charge in [0.25, 0.3) is 5.56 Å². The van der Waals surface area contributed by atoms with Crippen LogP contribution in [-0.4, -0.2) is 22.5 Å². The number of rotatable bonds is 5. The van der Waals surface area contributed by atoms with Gasteiger partial charge >= 0.3 is 5.97 Å². The minimum absolute atomic E-state index is 0.0720. The molecule has 2 rings (SSSR count). The minimum Gasteiger partial charge on any atom is -0.466 e. The summed E-state index contributed by atoms with van der Waals surface area (Å²) in [6, 6.07) is 7.30. The molecule has 21 heavy (non-hydrogen) atoms. The number of ether oxygens (including phenoxy) is 1. The molecule has 0 spiro atoms. The van der Waals surface area contributed by atoms with E-state index in [4.69, 9.17) is 16.3 Å². The number of esters is 1. The summed E-state index contributed by atoms with van der Waals surface area (Å²) in [4.78, 5) is 30.1. The molecule has 1 N–H and O–H groups in total. The van der Waals surface area contributed by atoms with Gasteiger partial charge in [-0.05, 0) is 24.6 Å². The summed E-state index contributed by atoms with van der Waals surface area (Å²) in [5.74, 6) is 0.102. The Morgan fingerprint density at radius 1 is 1.33 bits per heavy atom. The van der Waals surface area contributed by atoms with Crippen LogP contribution in [0.4, 0.5) is 0 Å². The molecule has 6 heteroatoms. The lowest BCUT2D eigenvalue weighted by Crippen LogP contribution is -2.20. The van der Waals surface area contributed by atoms with Crippen molar-refractivity contribution in [1.82, 2.24) is 9.97 Å². The summed E-state index contributed by atoms with van der Waals surface area (Å²) >= 11 is 5.82. The molecule has 0 fully saturated rings. The van der Waals surface area contributed by atoms with E-state index in [1.807, 2.05) is 12.1 Å². The molecule has 0 atom stereocenters. The average Bonchev–Trinajstić information content (AvgIpc) is 2.45. The van der Waals surface area contributed by atoms with E-state index in [9.17, 15) is 9.59 Å². The Labute approximate surface area is 126 Å². The lowest BCUT2D eigenvalue weighted by atomic mass is 10.1. The van der Waals surface area contributed by atoms with Gasteiger partial charge in [-0.3, -0.25) is 9.59 Å². The van der Waals surface area contributed by atoms with Crippen molar-refractivity contribution in [2.24, 2.45) is 0 Å². The molecule has 1 heterocycles. The van der Waals surface area contributed by atoms with Crippen LogP contribution in [0.5, 0.6) is 0 Å². The van der Waals surface area contributed by atoms with Crippen molar-refractivity contribution in [3.63, 3.8) is 0 Å². The number of carbonyl (C=O) groups excluding carboxylic acids is 1. The number of benzene rings is 1. The van der Waals surface area contributed by atoms with Crippen molar-refractivity contribution in [3.05, 3.63) is 62.8 Å². The summed E-state index contributed by atoms with van der Waals surface area (Å²) in [6.07, 6.45) is 1.84. The van der Waals surface area contributed by atoms with Crippen molar-refractivity contribution in [2.45, 2.75) is 19.8 Å². The van der Waals surface area contributed by atoms with Crippen LogP contribution >= 0.6 is 11.6 Å². The van der Waals surface area contributed by atoms with Crippen LogP contribution in [0, 0.1) is 0 Å². The van der Waals surface area contributed by atoms with Crippen LogP contribution in [0.3, 0.4) is 0 Å². The number of aromatic amines is 1. The molecule has 0 aliphatic carbocycles. The summed E-state index contributed by atoms with van der Waals surface area (Å²) < 4.78 is 4.81. The Kier molecular flexibility index (Phi) is 5.11. The predicted octanol–water partition coefficient (Wildman–Crippen LogP) is 2.12. The fraction of sp³-hybridized carbons (Fsp3) is 0.267. The van der Waals surface area contributed by atoms with Gasteiger partial charge in [-0.2, -0.15) is 0 Å². The maximum absolute atomic E-state index is 11.9. The quantitative estimate of drug-likeness (QED) is 0.859. The van der Waals surface area contributed by atoms with E-state index in [0.29, 0.717) is 29.4 Å². The second-order valence-corrected chi connectivity index (χ2v) is 4.91. The fourth-order valence-corrected chi connectivity index (χ4v) is 1.96. The van der Waals surface area contributed by atoms with E-state index in [0.717, 1.165) is 5.56 Å². The molecular formula is C15H15ClN2O3. The Balaban J connectivity index is 2.10. The molecule has 110 valence electrons. The Hall–Kier alpha value is -2.14. The van der Waals surface area contributed by atoms with E-state index in [1.54, 1.807) is 19.1 Å². The van der Waals surface area contributed by atoms with Gasteiger partial charge in [-0.1, -0.05) is 23.7 Å². The van der Waals surface area contributed by atoms with Crippen molar-refractivity contribution >= 4 is 17.6 Å². The molecule has 0 radical (unpaired) electrons. The van der Waals surface area contributed by atoms with Crippen LogP contribution < -0.4 is 5.56 Å². The fourth-order valence-electron chi connectivity index (χ4n) is 1.84. The largest absolute Gasteiger partial charge is 0.466 e. The SMILES string of the molecule is CCOC(=O)Cc1cnc(Cc2ccc(Cl)cc2)[nH]c1=O. The van der Waals surface area contributed by atoms with Gasteiger partial charge in [0.2, 0.25) is 0 Å². The molecule has 0 aliphatic heterocycles. The number of hydrogen-bond acceptors (Lipinski definition) is 4. The highest BCUT2D eigenvalue weighted by atomic mass is 35.5. The highest BCUT2D eigenvalue weighted by molar-refractivity contribution is 6.30. The van der Waals surface area contributed by atoms with Crippen molar-refractivity contribution in [1.29, 1.82) is 0 Å². The van der Waals surface area contributed by atoms with Gasteiger partial charge in [-0.15, -0.1) is 0 Å². The maximum atomic E-state index is 11.9. The standard InChI is InChI=1S/C15H15ClN2O3/c1-2-21-14(19)8-11-9-17-13(18-15(11)20)7-10-3-5-12(16)6-4-10/h3-6,9H,2,7-8H2,1H3,(H,17,18,20). The van der Waals surface area contributed by atoms with Crippen LogP contribution in [-0.2, 0) is 22.4 Å². The average molecular weight is 307 g/mol. The zero-order valence-electron chi connectivity index (χ0n) is 11.6. The first kappa shape index (κ1) is 15.3. The molecule has 0 saturated heterocycles. The Morgan fingerprint density at radius 3 is 2.67 bits per heavy atom. The number of halogens is 1. The van der Waals surface area contributed by atoms with E-state index in [2.05, 4.69) is 9.97 Å². The zero-order valence-corrected chi connectivity index (χ0v) is 12.3. The third-order valence-electron chi connectivity index (χ3n) is 2.85. The van der Waals surface area contributed by atoms with E-state index in [-0.39, 0.29) is 12.0 Å². The number of nitrogens with one attached hydrogen (secondary N) is 1. The molecule has 0 bridgehead atoms. The van der Waals surface area contributed by atoms with E-state index in [1.165, 1.54) is 6.20 Å². The normalized spacial score (nSPS) is 10.4. The summed E-state index contributed by atoms with van der Waals surface area (Å²) in [5, 5.41) is 0.657. The number of aromatic nitrogens is 2. The minimum atomic E-state index is -0.435. The Bertz CT molecular complexity index is 680. The van der Waals surface area contributed by atoms with Crippen LogP contribution in [0.25, 0.3) is 0 Å². The lowest BCUT2D eigenvalue weighted by Gasteiger charge is -2.04. The van der Waals surface area contributed by atoms with Gasteiger partial charge in [0.15, 0.2) is 0 Å². The molecule has 0 amide bonds. The maximum Gasteiger partial charge on any atom is 0.310 e. The van der Waals surface area contributed by atoms with E-state index >= 15 is 0 Å². The van der Waals surface area contributed by atoms with Gasteiger partial charge in [-0.25, -0.2) is 4.98 Å². The van der Waals surface area contributed by atoms with Gasteiger partial charge in [0.1, 0.15) is 5.82 Å². The van der Waals surface area contributed by atoms with Crippen molar-refractivity contribution < 1.29 is 9.53 Å². The van der Waals surface area contributed by atoms with Crippen LogP contribution in [0.1, 0.15) is 23.9 Å². The molecule has 5 nitrogen and oxygen atoms in total. The molecule has 0 unspecified atom stereocenters. The van der Waals surface area contributed by atoms with Crippen LogP contribution in [0.15, 0.2) is 35.3 Å². The topological polar surface area (TPSA) is 72.0 Å². The third-order valence-corrected chi connectivity index (χ3v) is 3.10. The zero-order chi connectivity index (χ0) is 15.2. The Morgan fingerprint density at radius 2 is 2.05 bits per heavy atom. The van der Waals surface area contributed by atoms with Crippen LogP contribution in [0.2, 0.25) is 5.02 Å². The summed E-state index contributed by atoms with van der Waals surface area (Å²) in [5.41, 5.74) is 0.969. The highest BCUT2D eigenvalue weighted by Crippen LogP contribution is 2.11. The molecule has 1 aromatic carbocycles. The third kappa shape index (κ3) is 4.43. The molecule has 2 aromatic rings.